The van der Waals surface area contributed by atoms with E-state index < -0.39 is 25.2 Å². The maximum Gasteiger partial charge on any atom is 0.314 e. The van der Waals surface area contributed by atoms with Crippen LogP contribution in [0.25, 0.3) is 0 Å². The standard InChI is InChI=1S/C24H40O2Si3/c1-7-8-22-29(6,26-28(4,5)24-19-13-10-14-20-24)25-27(2,3)21-15-18-23-16-11-9-12-17-23/h9-14,16-17,19-20H,7-8,15,18,21-22H2,1-6H3. The quantitative estimate of drug-likeness (QED) is 0.334. The van der Waals surface area contributed by atoms with Gasteiger partial charge in [0.15, 0.2) is 8.32 Å². The van der Waals surface area contributed by atoms with Gasteiger partial charge in [0.2, 0.25) is 8.32 Å². The summed E-state index contributed by atoms with van der Waals surface area (Å²) in [6, 6.07) is 23.9. The Bertz CT molecular complexity index is 719. The van der Waals surface area contributed by atoms with E-state index >= 15 is 0 Å². The van der Waals surface area contributed by atoms with E-state index in [1.807, 2.05) is 0 Å². The summed E-state index contributed by atoms with van der Waals surface area (Å²) in [7, 11) is -6.00. The molecule has 1 unspecified atom stereocenters. The average molecular weight is 445 g/mol. The van der Waals surface area contributed by atoms with Gasteiger partial charge in [-0.1, -0.05) is 80.4 Å². The van der Waals surface area contributed by atoms with E-state index in [0.29, 0.717) is 0 Å². The maximum absolute atomic E-state index is 7.01. The number of rotatable bonds is 12. The van der Waals surface area contributed by atoms with Crippen LogP contribution < -0.4 is 5.19 Å². The van der Waals surface area contributed by atoms with Gasteiger partial charge in [-0.25, -0.2) is 0 Å². The molecule has 0 aliphatic rings. The zero-order valence-electron chi connectivity index (χ0n) is 19.3. The third-order valence-corrected chi connectivity index (χ3v) is 17.8. The Hall–Kier alpha value is -0.989. The second-order valence-electron chi connectivity index (χ2n) is 9.42. The van der Waals surface area contributed by atoms with E-state index in [0.717, 1.165) is 12.5 Å². The summed E-state index contributed by atoms with van der Waals surface area (Å²) >= 11 is 0. The smallest absolute Gasteiger partial charge is 0.314 e. The van der Waals surface area contributed by atoms with Crippen LogP contribution in [-0.2, 0) is 14.7 Å². The van der Waals surface area contributed by atoms with Gasteiger partial charge < -0.3 is 8.23 Å². The molecule has 0 aliphatic carbocycles. The fraction of sp³-hybridized carbons (Fsp3) is 0.500. The zero-order valence-corrected chi connectivity index (χ0v) is 22.3. The molecule has 0 saturated heterocycles. The Labute approximate surface area is 182 Å². The molecule has 29 heavy (non-hydrogen) atoms. The molecule has 0 amide bonds. The van der Waals surface area contributed by atoms with Crippen LogP contribution in [0, 0.1) is 0 Å². The van der Waals surface area contributed by atoms with E-state index in [1.54, 1.807) is 0 Å². The Morgan fingerprint density at radius 1 is 0.690 bits per heavy atom. The van der Waals surface area contributed by atoms with Crippen LogP contribution in [0.2, 0.25) is 44.8 Å². The van der Waals surface area contributed by atoms with Gasteiger partial charge in [-0.15, -0.1) is 0 Å². The molecule has 0 saturated carbocycles. The second kappa shape index (κ2) is 10.9. The summed E-state index contributed by atoms with van der Waals surface area (Å²) in [5.74, 6) is 0. The molecule has 0 N–H and O–H groups in total. The van der Waals surface area contributed by atoms with Gasteiger partial charge in [0, 0.05) is 0 Å². The minimum atomic E-state index is -2.23. The van der Waals surface area contributed by atoms with Crippen molar-refractivity contribution in [2.24, 2.45) is 0 Å². The predicted octanol–water partition coefficient (Wildman–Crippen LogP) is 6.84. The third-order valence-electron chi connectivity index (χ3n) is 5.50. The molecule has 2 rings (SSSR count). The Kier molecular flexibility index (Phi) is 9.10. The van der Waals surface area contributed by atoms with Crippen LogP contribution in [0.1, 0.15) is 31.7 Å². The van der Waals surface area contributed by atoms with Crippen LogP contribution in [0.5, 0.6) is 0 Å². The van der Waals surface area contributed by atoms with Gasteiger partial charge in [-0.3, -0.25) is 0 Å². The number of aryl methyl sites for hydroxylation is 1. The van der Waals surface area contributed by atoms with Gasteiger partial charge in [-0.05, 0) is 68.4 Å². The number of hydrogen-bond acceptors (Lipinski definition) is 2. The fourth-order valence-corrected chi connectivity index (χ4v) is 18.3. The molecule has 0 aromatic heterocycles. The van der Waals surface area contributed by atoms with Crippen molar-refractivity contribution in [2.45, 2.75) is 77.4 Å². The van der Waals surface area contributed by atoms with Crippen molar-refractivity contribution in [3.63, 3.8) is 0 Å². The van der Waals surface area contributed by atoms with Gasteiger partial charge in [-0.2, -0.15) is 0 Å². The van der Waals surface area contributed by atoms with Crippen molar-refractivity contribution >= 4 is 30.4 Å². The van der Waals surface area contributed by atoms with Crippen molar-refractivity contribution in [3.05, 3.63) is 66.2 Å². The lowest BCUT2D eigenvalue weighted by atomic mass is 10.1. The molecule has 2 aromatic carbocycles. The maximum atomic E-state index is 7.01. The molecule has 0 radical (unpaired) electrons. The van der Waals surface area contributed by atoms with Gasteiger partial charge in [0.1, 0.15) is 0 Å². The van der Waals surface area contributed by atoms with E-state index in [1.165, 1.54) is 36.1 Å². The number of hydrogen-bond donors (Lipinski definition) is 0. The molecule has 160 valence electrons. The molecule has 0 bridgehead atoms. The first kappa shape index (κ1) is 24.3. The molecular formula is C24H40O2Si3. The van der Waals surface area contributed by atoms with Crippen molar-refractivity contribution in [1.29, 1.82) is 0 Å². The van der Waals surface area contributed by atoms with Gasteiger partial charge >= 0.3 is 8.56 Å². The Balaban J connectivity index is 2.04. The average Bonchev–Trinajstić information content (AvgIpc) is 2.67. The first-order valence-corrected chi connectivity index (χ1v) is 19.7. The summed E-state index contributed by atoms with van der Waals surface area (Å²) < 4.78 is 14.0. The van der Waals surface area contributed by atoms with Gasteiger partial charge in [0.05, 0.1) is 0 Å². The topological polar surface area (TPSA) is 18.5 Å². The highest BCUT2D eigenvalue weighted by atomic mass is 28.5. The minimum Gasteiger partial charge on any atom is -0.436 e. The highest BCUT2D eigenvalue weighted by Crippen LogP contribution is 2.28. The molecule has 5 heteroatoms. The molecule has 0 aliphatic heterocycles. The van der Waals surface area contributed by atoms with Crippen molar-refractivity contribution in [1.82, 2.24) is 0 Å². The first-order chi connectivity index (χ1) is 13.7. The van der Waals surface area contributed by atoms with Crippen molar-refractivity contribution in [3.8, 4) is 0 Å². The first-order valence-electron chi connectivity index (χ1n) is 11.2. The Morgan fingerprint density at radius 2 is 1.28 bits per heavy atom. The fourth-order valence-electron chi connectivity index (χ4n) is 4.06. The number of benzene rings is 2. The van der Waals surface area contributed by atoms with E-state index in [4.69, 9.17) is 8.23 Å². The van der Waals surface area contributed by atoms with Crippen LogP contribution in [-0.4, -0.2) is 25.2 Å². The molecule has 2 nitrogen and oxygen atoms in total. The third kappa shape index (κ3) is 8.34. The van der Waals surface area contributed by atoms with Crippen molar-refractivity contribution in [2.75, 3.05) is 0 Å². The van der Waals surface area contributed by atoms with Crippen LogP contribution in [0.15, 0.2) is 60.7 Å². The normalized spacial score (nSPS) is 14.6. The second-order valence-corrected chi connectivity index (χ2v) is 21.4. The highest BCUT2D eigenvalue weighted by molar-refractivity contribution is 6.93. The highest BCUT2D eigenvalue weighted by Gasteiger charge is 2.43. The van der Waals surface area contributed by atoms with E-state index in [-0.39, 0.29) is 0 Å². The molecular weight excluding hydrogens is 405 g/mol. The van der Waals surface area contributed by atoms with Gasteiger partial charge in [0.25, 0.3) is 0 Å². The zero-order chi connectivity index (χ0) is 21.4. The largest absolute Gasteiger partial charge is 0.436 e. The molecule has 1 atom stereocenters. The van der Waals surface area contributed by atoms with E-state index in [9.17, 15) is 0 Å². The predicted molar refractivity (Wildman–Crippen MR) is 134 cm³/mol. The lowest BCUT2D eigenvalue weighted by Crippen LogP contribution is -2.58. The minimum absolute atomic E-state index is 1.10. The monoisotopic (exact) mass is 444 g/mol. The summed E-state index contributed by atoms with van der Waals surface area (Å²) in [5, 5.41) is 1.36. The van der Waals surface area contributed by atoms with Crippen LogP contribution >= 0.6 is 0 Å². The summed E-state index contributed by atoms with van der Waals surface area (Å²) in [4.78, 5) is 0. The Morgan fingerprint density at radius 3 is 1.86 bits per heavy atom. The SMILES string of the molecule is CCCC[Si](C)(O[Si](C)(C)CCCc1ccccc1)O[Si](C)(C)c1ccccc1. The lowest BCUT2D eigenvalue weighted by Gasteiger charge is -2.41. The lowest BCUT2D eigenvalue weighted by molar-refractivity contribution is 0.379. The molecule has 0 fully saturated rings. The molecule has 0 spiro atoms. The van der Waals surface area contributed by atoms with E-state index in [2.05, 4.69) is 100 Å². The van der Waals surface area contributed by atoms with Crippen LogP contribution in [0.3, 0.4) is 0 Å². The summed E-state index contributed by atoms with van der Waals surface area (Å²) in [5.41, 5.74) is 1.43. The number of unbranched alkanes of at least 4 members (excludes halogenated alkanes) is 1. The van der Waals surface area contributed by atoms with Crippen molar-refractivity contribution < 1.29 is 8.23 Å². The molecule has 2 aromatic rings. The van der Waals surface area contributed by atoms with Crippen LogP contribution in [0.4, 0.5) is 0 Å². The summed E-state index contributed by atoms with van der Waals surface area (Å²) in [6.45, 7) is 14.0. The molecule has 0 heterocycles. The summed E-state index contributed by atoms with van der Waals surface area (Å²) in [6.07, 6.45) is 4.72.